The van der Waals surface area contributed by atoms with Crippen LogP contribution in [0.1, 0.15) is 19.5 Å². The van der Waals surface area contributed by atoms with Gasteiger partial charge in [0.25, 0.3) is 0 Å². The molecule has 1 heterocycles. The monoisotopic (exact) mass is 199 g/mol. The second-order valence-electron chi connectivity index (χ2n) is 3.83. The van der Waals surface area contributed by atoms with Crippen molar-refractivity contribution in [2.45, 2.75) is 32.1 Å². The highest BCUT2D eigenvalue weighted by Gasteiger charge is 2.17. The van der Waals surface area contributed by atoms with Gasteiger partial charge in [0.05, 0.1) is 5.69 Å². The van der Waals surface area contributed by atoms with E-state index in [-0.39, 0.29) is 4.75 Å². The molecule has 0 aromatic carbocycles. The van der Waals surface area contributed by atoms with Crippen LogP contribution in [0.2, 0.25) is 0 Å². The number of rotatable bonds is 3. The minimum Gasteiger partial charge on any atom is -0.369 e. The van der Waals surface area contributed by atoms with E-state index in [0.717, 1.165) is 12.2 Å². The molecule has 4 heteroatoms. The molecule has 0 atom stereocenters. The Hall–Kier alpha value is -0.640. The minimum atomic E-state index is 0.210. The number of hydrogen-bond donors (Lipinski definition) is 1. The predicted molar refractivity (Wildman–Crippen MR) is 59.0 cm³/mol. The van der Waals surface area contributed by atoms with Crippen molar-refractivity contribution in [3.05, 3.63) is 11.9 Å². The lowest BCUT2D eigenvalue weighted by molar-refractivity contribution is 0.573. The summed E-state index contributed by atoms with van der Waals surface area (Å²) < 4.78 is 2.22. The van der Waals surface area contributed by atoms with Crippen LogP contribution < -0.4 is 5.73 Å². The topological polar surface area (TPSA) is 43.8 Å². The van der Waals surface area contributed by atoms with Crippen molar-refractivity contribution in [2.75, 3.05) is 12.0 Å². The molecule has 0 aliphatic carbocycles. The highest BCUT2D eigenvalue weighted by molar-refractivity contribution is 7.99. The second kappa shape index (κ2) is 3.62. The van der Waals surface area contributed by atoms with Gasteiger partial charge in [-0.3, -0.25) is 0 Å². The molecule has 0 amide bonds. The zero-order valence-corrected chi connectivity index (χ0v) is 9.48. The van der Waals surface area contributed by atoms with E-state index in [9.17, 15) is 0 Å². The average molecular weight is 199 g/mol. The van der Waals surface area contributed by atoms with E-state index in [0.29, 0.717) is 5.95 Å². The first kappa shape index (κ1) is 10.4. The van der Waals surface area contributed by atoms with Crippen LogP contribution in [0.4, 0.5) is 5.95 Å². The zero-order chi connectivity index (χ0) is 10.1. The van der Waals surface area contributed by atoms with Crippen molar-refractivity contribution in [2.24, 2.45) is 0 Å². The number of thioether (sulfide) groups is 1. The summed E-state index contributed by atoms with van der Waals surface area (Å²) >= 11 is 1.84. The van der Waals surface area contributed by atoms with Gasteiger partial charge >= 0.3 is 0 Å². The number of hydrogen-bond acceptors (Lipinski definition) is 3. The van der Waals surface area contributed by atoms with Crippen LogP contribution in [-0.2, 0) is 6.54 Å². The molecule has 0 fully saturated rings. The number of aryl methyl sites for hydroxylation is 1. The highest BCUT2D eigenvalue weighted by Crippen LogP contribution is 2.24. The molecular weight excluding hydrogens is 182 g/mol. The van der Waals surface area contributed by atoms with Gasteiger partial charge in [0.15, 0.2) is 5.95 Å². The summed E-state index contributed by atoms with van der Waals surface area (Å²) in [5.41, 5.74) is 6.73. The number of nitrogen functional groups attached to an aromatic ring is 1. The van der Waals surface area contributed by atoms with Gasteiger partial charge in [-0.15, -0.1) is 0 Å². The molecular formula is C9H17N3S. The Morgan fingerprint density at radius 2 is 2.23 bits per heavy atom. The fraction of sp³-hybridized carbons (Fsp3) is 0.667. The summed E-state index contributed by atoms with van der Waals surface area (Å²) in [6, 6.07) is 0. The smallest absolute Gasteiger partial charge is 0.200 e. The first-order valence-corrected chi connectivity index (χ1v) is 5.51. The normalized spacial score (nSPS) is 12.0. The van der Waals surface area contributed by atoms with Crippen molar-refractivity contribution in [3.8, 4) is 0 Å². The molecule has 0 saturated carbocycles. The molecule has 74 valence electrons. The van der Waals surface area contributed by atoms with E-state index in [1.807, 2.05) is 29.4 Å². The molecule has 13 heavy (non-hydrogen) atoms. The van der Waals surface area contributed by atoms with Gasteiger partial charge in [-0.25, -0.2) is 4.98 Å². The van der Waals surface area contributed by atoms with E-state index < -0.39 is 0 Å². The van der Waals surface area contributed by atoms with Crippen LogP contribution in [0, 0.1) is 6.92 Å². The molecule has 1 aromatic rings. The summed E-state index contributed by atoms with van der Waals surface area (Å²) in [6.07, 6.45) is 4.10. The Morgan fingerprint density at radius 1 is 1.62 bits per heavy atom. The fourth-order valence-electron chi connectivity index (χ4n) is 1.17. The third kappa shape index (κ3) is 2.66. The number of nitrogens with zero attached hydrogens (tertiary/aromatic N) is 2. The molecule has 0 aliphatic heterocycles. The summed E-state index contributed by atoms with van der Waals surface area (Å²) in [4.78, 5) is 4.16. The van der Waals surface area contributed by atoms with Gasteiger partial charge in [0.2, 0.25) is 0 Å². The van der Waals surface area contributed by atoms with Crippen LogP contribution in [-0.4, -0.2) is 20.6 Å². The largest absolute Gasteiger partial charge is 0.369 e. The third-order valence-electron chi connectivity index (χ3n) is 2.03. The SMILES string of the molecule is CSC(C)(C)Cn1cc(C)nc1N. The Morgan fingerprint density at radius 3 is 2.62 bits per heavy atom. The first-order valence-electron chi connectivity index (χ1n) is 4.29. The molecule has 0 aliphatic rings. The second-order valence-corrected chi connectivity index (χ2v) is 5.35. The lowest BCUT2D eigenvalue weighted by Gasteiger charge is -2.22. The van der Waals surface area contributed by atoms with E-state index >= 15 is 0 Å². The van der Waals surface area contributed by atoms with E-state index in [2.05, 4.69) is 25.1 Å². The average Bonchev–Trinajstić information content (AvgIpc) is 2.30. The van der Waals surface area contributed by atoms with Crippen molar-refractivity contribution >= 4 is 17.7 Å². The first-order chi connectivity index (χ1) is 5.94. The predicted octanol–water partition coefficient (Wildman–Crippen LogP) is 1.92. The molecule has 0 saturated heterocycles. The maximum Gasteiger partial charge on any atom is 0.200 e. The molecule has 2 N–H and O–H groups in total. The Bertz CT molecular complexity index is 291. The van der Waals surface area contributed by atoms with Crippen LogP contribution in [0.5, 0.6) is 0 Å². The van der Waals surface area contributed by atoms with Crippen molar-refractivity contribution in [1.29, 1.82) is 0 Å². The number of aromatic nitrogens is 2. The van der Waals surface area contributed by atoms with Gasteiger partial charge < -0.3 is 10.3 Å². The van der Waals surface area contributed by atoms with Gasteiger partial charge in [-0.05, 0) is 27.0 Å². The van der Waals surface area contributed by atoms with Crippen LogP contribution in [0.25, 0.3) is 0 Å². The van der Waals surface area contributed by atoms with Gasteiger partial charge in [0.1, 0.15) is 0 Å². The summed E-state index contributed by atoms with van der Waals surface area (Å²) in [7, 11) is 0. The third-order valence-corrected chi connectivity index (χ3v) is 3.27. The van der Waals surface area contributed by atoms with Crippen molar-refractivity contribution < 1.29 is 0 Å². The number of nitrogens with two attached hydrogens (primary N) is 1. The number of anilines is 1. The molecule has 1 aromatic heterocycles. The Kier molecular flexibility index (Phi) is 2.91. The quantitative estimate of drug-likeness (QED) is 0.808. The minimum absolute atomic E-state index is 0.210. The molecule has 0 bridgehead atoms. The fourth-order valence-corrected chi connectivity index (χ4v) is 1.44. The zero-order valence-electron chi connectivity index (χ0n) is 8.66. The van der Waals surface area contributed by atoms with Gasteiger partial charge in [0, 0.05) is 17.5 Å². The van der Waals surface area contributed by atoms with Crippen LogP contribution in [0.3, 0.4) is 0 Å². The highest BCUT2D eigenvalue weighted by atomic mass is 32.2. The summed E-state index contributed by atoms with van der Waals surface area (Å²) in [5.74, 6) is 0.611. The van der Waals surface area contributed by atoms with Crippen LogP contribution >= 0.6 is 11.8 Å². The molecule has 0 unspecified atom stereocenters. The van der Waals surface area contributed by atoms with Gasteiger partial charge in [-0.2, -0.15) is 11.8 Å². The van der Waals surface area contributed by atoms with E-state index in [4.69, 9.17) is 5.73 Å². The Labute approximate surface area is 83.7 Å². The summed E-state index contributed by atoms with van der Waals surface area (Å²) in [5, 5.41) is 0. The maximum atomic E-state index is 5.75. The molecule has 1 rings (SSSR count). The summed E-state index contributed by atoms with van der Waals surface area (Å²) in [6.45, 7) is 7.26. The van der Waals surface area contributed by atoms with E-state index in [1.54, 1.807) is 0 Å². The van der Waals surface area contributed by atoms with Crippen molar-refractivity contribution in [1.82, 2.24) is 9.55 Å². The molecule has 0 spiro atoms. The van der Waals surface area contributed by atoms with Crippen molar-refractivity contribution in [3.63, 3.8) is 0 Å². The lowest BCUT2D eigenvalue weighted by atomic mass is 10.2. The lowest BCUT2D eigenvalue weighted by Crippen LogP contribution is -2.22. The standard InChI is InChI=1S/C9H17N3S/c1-7-5-12(8(10)11-7)6-9(2,3)13-4/h5H,6H2,1-4H3,(H2,10,11). The van der Waals surface area contributed by atoms with Crippen LogP contribution in [0.15, 0.2) is 6.20 Å². The molecule has 3 nitrogen and oxygen atoms in total. The Balaban J connectivity index is 2.79. The molecule has 0 radical (unpaired) electrons. The van der Waals surface area contributed by atoms with Gasteiger partial charge in [-0.1, -0.05) is 0 Å². The number of imidazole rings is 1. The van der Waals surface area contributed by atoms with E-state index in [1.165, 1.54) is 0 Å². The maximum absolute atomic E-state index is 5.75.